The highest BCUT2D eigenvalue weighted by Crippen LogP contribution is 2.16. The summed E-state index contributed by atoms with van der Waals surface area (Å²) in [6.45, 7) is 3.92. The van der Waals surface area contributed by atoms with Crippen molar-refractivity contribution in [2.45, 2.75) is 45.2 Å². The van der Waals surface area contributed by atoms with E-state index in [1.54, 1.807) is 18.4 Å². The predicted molar refractivity (Wildman–Crippen MR) is 108 cm³/mol. The lowest BCUT2D eigenvalue weighted by Gasteiger charge is -2.26. The number of nitrogens with zero attached hydrogens (tertiary/aromatic N) is 3. The second-order valence-electron chi connectivity index (χ2n) is 7.42. The summed E-state index contributed by atoms with van der Waals surface area (Å²) >= 11 is 0. The smallest absolute Gasteiger partial charge is 0.238 e. The van der Waals surface area contributed by atoms with Crippen LogP contribution in [0.3, 0.4) is 0 Å². The van der Waals surface area contributed by atoms with E-state index in [9.17, 15) is 4.79 Å². The molecule has 1 fully saturated rings. The lowest BCUT2D eigenvalue weighted by atomic mass is 10.1. The van der Waals surface area contributed by atoms with Gasteiger partial charge in [0.2, 0.25) is 17.6 Å². The van der Waals surface area contributed by atoms with Crippen LogP contribution < -0.4 is 5.32 Å². The van der Waals surface area contributed by atoms with E-state index in [4.69, 9.17) is 8.94 Å². The number of nitrogens with one attached hydrogen (secondary N) is 1. The molecule has 0 spiro atoms. The minimum Gasteiger partial charge on any atom is -0.461 e. The zero-order valence-corrected chi connectivity index (χ0v) is 16.5. The van der Waals surface area contributed by atoms with Crippen LogP contribution in [0.2, 0.25) is 0 Å². The molecule has 0 radical (unpaired) electrons. The monoisotopic (exact) mass is 394 g/mol. The third-order valence-electron chi connectivity index (χ3n) is 5.14. The molecule has 1 N–H and O–H groups in total. The van der Waals surface area contributed by atoms with E-state index in [0.717, 1.165) is 12.1 Å². The first-order chi connectivity index (χ1) is 14.3. The Morgan fingerprint density at radius 3 is 2.62 bits per heavy atom. The summed E-state index contributed by atoms with van der Waals surface area (Å²) in [6, 6.07) is 12.0. The molecule has 0 aliphatic carbocycles. The molecule has 4 rings (SSSR count). The van der Waals surface area contributed by atoms with Crippen molar-refractivity contribution in [2.75, 3.05) is 13.1 Å². The van der Waals surface area contributed by atoms with Crippen LogP contribution in [0.25, 0.3) is 11.6 Å². The molecular weight excluding hydrogens is 368 g/mol. The lowest BCUT2D eigenvalue weighted by Crippen LogP contribution is -2.29. The maximum Gasteiger partial charge on any atom is 0.238 e. The Kier molecular flexibility index (Phi) is 6.36. The van der Waals surface area contributed by atoms with Crippen LogP contribution in [-0.4, -0.2) is 34.0 Å². The van der Waals surface area contributed by atoms with Gasteiger partial charge in [0.05, 0.1) is 6.26 Å². The van der Waals surface area contributed by atoms with Gasteiger partial charge in [-0.1, -0.05) is 35.8 Å². The van der Waals surface area contributed by atoms with E-state index in [0.29, 0.717) is 36.9 Å². The van der Waals surface area contributed by atoms with Gasteiger partial charge in [-0.3, -0.25) is 9.69 Å². The fourth-order valence-electron chi connectivity index (χ4n) is 3.51. The molecule has 1 aliphatic rings. The maximum absolute atomic E-state index is 12.1. The van der Waals surface area contributed by atoms with Gasteiger partial charge in [0.15, 0.2) is 5.76 Å². The van der Waals surface area contributed by atoms with Crippen molar-refractivity contribution in [3.05, 3.63) is 59.7 Å². The molecule has 1 amide bonds. The van der Waals surface area contributed by atoms with Crippen LogP contribution in [-0.2, 0) is 24.3 Å². The van der Waals surface area contributed by atoms with Crippen molar-refractivity contribution < 1.29 is 13.7 Å². The van der Waals surface area contributed by atoms with E-state index < -0.39 is 0 Å². The molecule has 0 bridgehead atoms. The topological polar surface area (TPSA) is 84.4 Å². The molecule has 7 heteroatoms. The average molecular weight is 394 g/mol. The molecule has 7 nitrogen and oxygen atoms in total. The summed E-state index contributed by atoms with van der Waals surface area (Å²) in [5.74, 6) is 1.33. The van der Waals surface area contributed by atoms with E-state index in [-0.39, 0.29) is 5.91 Å². The van der Waals surface area contributed by atoms with E-state index >= 15 is 0 Å². The molecule has 0 unspecified atom stereocenters. The molecular formula is C22H26N4O3. The van der Waals surface area contributed by atoms with Crippen molar-refractivity contribution in [1.29, 1.82) is 0 Å². The summed E-state index contributed by atoms with van der Waals surface area (Å²) in [4.78, 5) is 18.9. The number of likely N-dealkylation sites (tertiary alicyclic amines) is 1. The normalized spacial score (nSPS) is 14.8. The zero-order valence-electron chi connectivity index (χ0n) is 16.5. The SMILES string of the molecule is O=C(CCc1nc(-c2ccco2)no1)NCc1ccc(CN2CCCCC2)cc1. The Labute approximate surface area is 170 Å². The Bertz CT molecular complexity index is 897. The second kappa shape index (κ2) is 9.52. The van der Waals surface area contributed by atoms with Crippen LogP contribution in [0.1, 0.15) is 42.7 Å². The molecule has 29 heavy (non-hydrogen) atoms. The number of carbonyl (C=O) groups is 1. The summed E-state index contributed by atoms with van der Waals surface area (Å²) in [5, 5.41) is 6.81. The molecule has 1 aliphatic heterocycles. The van der Waals surface area contributed by atoms with Crippen molar-refractivity contribution in [3.63, 3.8) is 0 Å². The van der Waals surface area contributed by atoms with Gasteiger partial charge in [-0.15, -0.1) is 0 Å². The van der Waals surface area contributed by atoms with Gasteiger partial charge in [0, 0.05) is 25.9 Å². The fourth-order valence-corrected chi connectivity index (χ4v) is 3.51. The van der Waals surface area contributed by atoms with Crippen LogP contribution in [0.15, 0.2) is 51.6 Å². The molecule has 0 saturated carbocycles. The molecule has 152 valence electrons. The van der Waals surface area contributed by atoms with Crippen LogP contribution in [0.5, 0.6) is 0 Å². The van der Waals surface area contributed by atoms with E-state index in [2.05, 4.69) is 44.6 Å². The average Bonchev–Trinajstić information content (AvgIpc) is 3.44. The number of piperidine rings is 1. The highest BCUT2D eigenvalue weighted by Gasteiger charge is 2.13. The van der Waals surface area contributed by atoms with E-state index in [1.807, 2.05) is 0 Å². The van der Waals surface area contributed by atoms with Crippen LogP contribution >= 0.6 is 0 Å². The number of amides is 1. The summed E-state index contributed by atoms with van der Waals surface area (Å²) in [7, 11) is 0. The number of furan rings is 1. The molecule has 1 saturated heterocycles. The third kappa shape index (κ3) is 5.54. The van der Waals surface area contributed by atoms with Gasteiger partial charge >= 0.3 is 0 Å². The lowest BCUT2D eigenvalue weighted by molar-refractivity contribution is -0.121. The van der Waals surface area contributed by atoms with Crippen molar-refractivity contribution in [3.8, 4) is 11.6 Å². The molecule has 3 aromatic rings. The molecule has 3 heterocycles. The minimum atomic E-state index is -0.0415. The number of hydrogen-bond donors (Lipinski definition) is 1. The minimum absolute atomic E-state index is 0.0415. The highest BCUT2D eigenvalue weighted by atomic mass is 16.5. The fraction of sp³-hybridized carbons (Fsp3) is 0.409. The van der Waals surface area contributed by atoms with Crippen LogP contribution in [0, 0.1) is 0 Å². The molecule has 1 aromatic carbocycles. The van der Waals surface area contributed by atoms with Gasteiger partial charge in [0.25, 0.3) is 0 Å². The number of benzene rings is 1. The first kappa shape index (κ1) is 19.4. The van der Waals surface area contributed by atoms with Crippen molar-refractivity contribution in [2.24, 2.45) is 0 Å². The highest BCUT2D eigenvalue weighted by molar-refractivity contribution is 5.76. The van der Waals surface area contributed by atoms with Gasteiger partial charge in [0.1, 0.15) is 0 Å². The Morgan fingerprint density at radius 2 is 1.86 bits per heavy atom. The largest absolute Gasteiger partial charge is 0.461 e. The summed E-state index contributed by atoms with van der Waals surface area (Å²) in [5.41, 5.74) is 2.42. The predicted octanol–water partition coefficient (Wildman–Crippen LogP) is 3.56. The summed E-state index contributed by atoms with van der Waals surface area (Å²) < 4.78 is 10.4. The van der Waals surface area contributed by atoms with Crippen LogP contribution in [0.4, 0.5) is 0 Å². The van der Waals surface area contributed by atoms with Crippen molar-refractivity contribution in [1.82, 2.24) is 20.4 Å². The maximum atomic E-state index is 12.1. The number of hydrogen-bond acceptors (Lipinski definition) is 6. The Hall–Kier alpha value is -2.93. The second-order valence-corrected chi connectivity index (χ2v) is 7.42. The van der Waals surface area contributed by atoms with Crippen molar-refractivity contribution >= 4 is 5.91 Å². The Balaban J connectivity index is 1.19. The third-order valence-corrected chi connectivity index (χ3v) is 5.14. The van der Waals surface area contributed by atoms with Gasteiger partial charge in [-0.25, -0.2) is 0 Å². The van der Waals surface area contributed by atoms with Gasteiger partial charge in [-0.2, -0.15) is 4.98 Å². The molecule has 2 aromatic heterocycles. The Morgan fingerprint density at radius 1 is 1.07 bits per heavy atom. The zero-order chi connectivity index (χ0) is 19.9. The first-order valence-corrected chi connectivity index (χ1v) is 10.2. The molecule has 0 atom stereocenters. The number of aryl methyl sites for hydroxylation is 1. The standard InChI is InChI=1S/C22H26N4O3/c27-20(10-11-21-24-22(25-29-21)19-5-4-14-28-19)23-15-17-6-8-18(9-7-17)16-26-12-2-1-3-13-26/h4-9,14H,1-3,10-13,15-16H2,(H,23,27). The van der Waals surface area contributed by atoms with Gasteiger partial charge < -0.3 is 14.3 Å². The first-order valence-electron chi connectivity index (χ1n) is 10.2. The van der Waals surface area contributed by atoms with E-state index in [1.165, 1.54) is 37.9 Å². The number of carbonyl (C=O) groups excluding carboxylic acids is 1. The number of aromatic nitrogens is 2. The number of rotatable bonds is 8. The van der Waals surface area contributed by atoms with Gasteiger partial charge in [-0.05, 0) is 49.2 Å². The quantitative estimate of drug-likeness (QED) is 0.629. The summed E-state index contributed by atoms with van der Waals surface area (Å²) in [6.07, 6.45) is 6.21.